The van der Waals surface area contributed by atoms with E-state index < -0.39 is 0 Å². The molecule has 0 radical (unpaired) electrons. The molecule has 0 aromatic heterocycles. The average Bonchev–Trinajstić information content (AvgIpc) is 1.82. The van der Waals surface area contributed by atoms with Crippen LogP contribution in [-0.4, -0.2) is 11.7 Å². The second-order valence-electron chi connectivity index (χ2n) is 2.43. The summed E-state index contributed by atoms with van der Waals surface area (Å²) in [5, 5.41) is 10.6. The second kappa shape index (κ2) is 3.87. The molecule has 0 unspecified atom stereocenters. The van der Waals surface area contributed by atoms with Gasteiger partial charge in [-0.15, -0.1) is 0 Å². The van der Waals surface area contributed by atoms with Crippen molar-refractivity contribution in [2.45, 2.75) is 20.8 Å². The molecule has 0 aliphatic heterocycles. The molecule has 0 saturated carbocycles. The van der Waals surface area contributed by atoms with Crippen LogP contribution in [0.2, 0.25) is 0 Å². The largest absolute Gasteiger partial charge is 0.369 e. The maximum atomic E-state index is 6.79. The fourth-order valence-corrected chi connectivity index (χ4v) is 0.278. The van der Waals surface area contributed by atoms with Crippen LogP contribution < -0.4 is 11.2 Å². The lowest BCUT2D eigenvalue weighted by Crippen LogP contribution is -2.27. The van der Waals surface area contributed by atoms with Gasteiger partial charge in [0.15, 0.2) is 0 Å². The summed E-state index contributed by atoms with van der Waals surface area (Å²) in [5.74, 6) is 0.270. The van der Waals surface area contributed by atoms with E-state index in [9.17, 15) is 0 Å². The smallest absolute Gasteiger partial charge is 0.206 e. The molecule has 0 amide bonds. The predicted octanol–water partition coefficient (Wildman–Crippen LogP) is 0.501. The van der Waals surface area contributed by atoms with Gasteiger partial charge in [0.1, 0.15) is 0 Å². The third-order valence-electron chi connectivity index (χ3n) is 1.19. The molecule has 0 atom stereocenters. The van der Waals surface area contributed by atoms with E-state index in [4.69, 9.17) is 11.1 Å². The Morgan fingerprint density at radius 1 is 1.60 bits per heavy atom. The highest BCUT2D eigenvalue weighted by Gasteiger charge is 1.96. The van der Waals surface area contributed by atoms with E-state index >= 15 is 0 Å². The average molecular weight is 142 g/mol. The van der Waals surface area contributed by atoms with Crippen LogP contribution in [0.15, 0.2) is 5.10 Å². The zero-order valence-corrected chi connectivity index (χ0v) is 6.60. The van der Waals surface area contributed by atoms with Crippen LogP contribution in [0.4, 0.5) is 0 Å². The first-order valence-corrected chi connectivity index (χ1v) is 3.18. The van der Waals surface area contributed by atoms with E-state index in [1.807, 2.05) is 20.8 Å². The number of hydrogen-bond acceptors (Lipinski definition) is 2. The van der Waals surface area contributed by atoms with Crippen molar-refractivity contribution in [3.63, 3.8) is 0 Å². The van der Waals surface area contributed by atoms with E-state index in [1.54, 1.807) is 0 Å². The van der Waals surface area contributed by atoms with Gasteiger partial charge in [-0.3, -0.25) is 5.41 Å². The number of rotatable bonds is 2. The highest BCUT2D eigenvalue weighted by atomic mass is 15.3. The summed E-state index contributed by atoms with van der Waals surface area (Å²) in [6.45, 7) is 5.95. The Bertz CT molecular complexity index is 148. The Labute approximate surface area is 61.0 Å². The molecular weight excluding hydrogens is 128 g/mol. The van der Waals surface area contributed by atoms with E-state index in [2.05, 4.69) is 10.5 Å². The summed E-state index contributed by atoms with van der Waals surface area (Å²) in [4.78, 5) is 0. The van der Waals surface area contributed by atoms with Gasteiger partial charge in [-0.05, 0) is 12.8 Å². The van der Waals surface area contributed by atoms with Crippen LogP contribution in [0.5, 0.6) is 0 Å². The lowest BCUT2D eigenvalue weighted by Gasteiger charge is -2.03. The molecule has 0 aromatic rings. The SMILES string of the molecule is C/C(=N\NC(=N)N)C(C)C. The highest BCUT2D eigenvalue weighted by Crippen LogP contribution is 1.93. The van der Waals surface area contributed by atoms with Gasteiger partial charge in [-0.2, -0.15) is 5.10 Å². The van der Waals surface area contributed by atoms with Gasteiger partial charge in [0, 0.05) is 5.71 Å². The van der Waals surface area contributed by atoms with E-state index in [0.717, 1.165) is 5.71 Å². The minimum Gasteiger partial charge on any atom is -0.369 e. The molecule has 0 aliphatic rings. The van der Waals surface area contributed by atoms with Crippen molar-refractivity contribution in [2.75, 3.05) is 0 Å². The predicted molar refractivity (Wildman–Crippen MR) is 43.0 cm³/mol. The third-order valence-corrected chi connectivity index (χ3v) is 1.19. The molecule has 0 spiro atoms. The highest BCUT2D eigenvalue weighted by molar-refractivity contribution is 5.85. The Balaban J connectivity index is 3.80. The van der Waals surface area contributed by atoms with Crippen LogP contribution in [0, 0.1) is 11.3 Å². The third kappa shape index (κ3) is 3.88. The molecule has 0 heterocycles. The van der Waals surface area contributed by atoms with Crippen molar-refractivity contribution < 1.29 is 0 Å². The Morgan fingerprint density at radius 2 is 2.10 bits per heavy atom. The fraction of sp³-hybridized carbons (Fsp3) is 0.667. The van der Waals surface area contributed by atoms with Crippen molar-refractivity contribution in [2.24, 2.45) is 16.8 Å². The monoisotopic (exact) mass is 142 g/mol. The van der Waals surface area contributed by atoms with Gasteiger partial charge < -0.3 is 5.73 Å². The fourth-order valence-electron chi connectivity index (χ4n) is 0.278. The van der Waals surface area contributed by atoms with Gasteiger partial charge in [0.25, 0.3) is 0 Å². The Kier molecular flexibility index (Phi) is 3.46. The summed E-state index contributed by atoms with van der Waals surface area (Å²) >= 11 is 0. The molecule has 0 fully saturated rings. The lowest BCUT2D eigenvalue weighted by molar-refractivity contribution is 0.849. The summed E-state index contributed by atoms with van der Waals surface area (Å²) in [5.41, 5.74) is 8.32. The first-order valence-electron chi connectivity index (χ1n) is 3.18. The lowest BCUT2D eigenvalue weighted by atomic mass is 10.1. The second-order valence-corrected chi connectivity index (χ2v) is 2.43. The minimum absolute atomic E-state index is 0.125. The van der Waals surface area contributed by atoms with Crippen LogP contribution in [0.25, 0.3) is 0 Å². The van der Waals surface area contributed by atoms with Gasteiger partial charge in [-0.1, -0.05) is 13.8 Å². The molecule has 0 saturated heterocycles. The molecule has 4 nitrogen and oxygen atoms in total. The van der Waals surface area contributed by atoms with Crippen LogP contribution in [0.1, 0.15) is 20.8 Å². The standard InChI is InChI=1S/C6H14N4/c1-4(2)5(3)9-10-6(7)8/h4H,1-3H3,(H4,7,8,10)/b9-5+. The summed E-state index contributed by atoms with van der Waals surface area (Å²) < 4.78 is 0. The molecule has 4 N–H and O–H groups in total. The number of hydrogen-bond donors (Lipinski definition) is 3. The van der Waals surface area contributed by atoms with Crippen LogP contribution >= 0.6 is 0 Å². The zero-order chi connectivity index (χ0) is 8.15. The van der Waals surface area contributed by atoms with Crippen molar-refractivity contribution in [1.82, 2.24) is 5.43 Å². The maximum absolute atomic E-state index is 6.79. The van der Waals surface area contributed by atoms with Gasteiger partial charge in [0.2, 0.25) is 5.96 Å². The molecular formula is C6H14N4. The quantitative estimate of drug-likeness (QED) is 0.298. The normalized spacial score (nSPS) is 11.8. The maximum Gasteiger partial charge on any atom is 0.206 e. The van der Waals surface area contributed by atoms with E-state index in [-0.39, 0.29) is 5.96 Å². The van der Waals surface area contributed by atoms with Gasteiger partial charge in [0.05, 0.1) is 0 Å². The summed E-state index contributed by atoms with van der Waals surface area (Å²) in [6.07, 6.45) is 0. The van der Waals surface area contributed by atoms with Crippen LogP contribution in [-0.2, 0) is 0 Å². The number of guanidine groups is 1. The Morgan fingerprint density at radius 3 is 2.40 bits per heavy atom. The number of hydrazone groups is 1. The molecule has 0 bridgehead atoms. The van der Waals surface area contributed by atoms with E-state index in [0.29, 0.717) is 5.92 Å². The zero-order valence-electron chi connectivity index (χ0n) is 6.60. The Hall–Kier alpha value is -1.06. The van der Waals surface area contributed by atoms with E-state index in [1.165, 1.54) is 0 Å². The minimum atomic E-state index is -0.125. The van der Waals surface area contributed by atoms with Gasteiger partial charge in [-0.25, -0.2) is 5.43 Å². The summed E-state index contributed by atoms with van der Waals surface area (Å²) in [6, 6.07) is 0. The van der Waals surface area contributed by atoms with Crippen molar-refractivity contribution in [1.29, 1.82) is 5.41 Å². The molecule has 0 aromatic carbocycles. The molecule has 0 aliphatic carbocycles. The first kappa shape index (κ1) is 8.94. The summed E-state index contributed by atoms with van der Waals surface area (Å²) in [7, 11) is 0. The van der Waals surface area contributed by atoms with Crippen molar-refractivity contribution >= 4 is 11.7 Å². The number of nitrogens with one attached hydrogen (secondary N) is 2. The molecule has 4 heteroatoms. The van der Waals surface area contributed by atoms with Gasteiger partial charge >= 0.3 is 0 Å². The van der Waals surface area contributed by atoms with Crippen LogP contribution in [0.3, 0.4) is 0 Å². The topological polar surface area (TPSA) is 74.3 Å². The van der Waals surface area contributed by atoms with Crippen molar-refractivity contribution in [3.05, 3.63) is 0 Å². The number of nitrogens with two attached hydrogens (primary N) is 1. The molecule has 58 valence electrons. The molecule has 0 rings (SSSR count). The molecule has 10 heavy (non-hydrogen) atoms. The number of nitrogens with zero attached hydrogens (tertiary/aromatic N) is 1. The van der Waals surface area contributed by atoms with Crippen molar-refractivity contribution in [3.8, 4) is 0 Å². The first-order chi connectivity index (χ1) is 4.54.